The van der Waals surface area contributed by atoms with E-state index in [-0.39, 0.29) is 12.7 Å². The Balaban J connectivity index is 1.37. The molecule has 0 atom stereocenters. The molecule has 3 heterocycles. The van der Waals surface area contributed by atoms with Crippen LogP contribution in [-0.4, -0.2) is 29.2 Å². The summed E-state index contributed by atoms with van der Waals surface area (Å²) in [6.07, 6.45) is 0.937. The molecule has 7 heteroatoms. The zero-order chi connectivity index (χ0) is 19.8. The average Bonchev–Trinajstić information content (AvgIpc) is 3.21. The van der Waals surface area contributed by atoms with Crippen molar-refractivity contribution in [2.45, 2.75) is 19.9 Å². The van der Waals surface area contributed by atoms with Crippen molar-refractivity contribution in [3.63, 3.8) is 0 Å². The molecule has 0 bridgehead atoms. The highest BCUT2D eigenvalue weighted by atomic mass is 16.7. The van der Waals surface area contributed by atoms with Gasteiger partial charge in [0.1, 0.15) is 5.69 Å². The summed E-state index contributed by atoms with van der Waals surface area (Å²) in [4.78, 5) is 24.0. The zero-order valence-corrected chi connectivity index (χ0v) is 16.0. The van der Waals surface area contributed by atoms with Gasteiger partial charge in [0.15, 0.2) is 11.5 Å². The third-order valence-corrected chi connectivity index (χ3v) is 5.12. The lowest BCUT2D eigenvalue weighted by Gasteiger charge is -2.29. The molecular formula is C22H20N4O3. The van der Waals surface area contributed by atoms with E-state index in [9.17, 15) is 4.79 Å². The molecule has 3 aromatic rings. The second-order valence-electron chi connectivity index (χ2n) is 7.16. The smallest absolute Gasteiger partial charge is 0.274 e. The van der Waals surface area contributed by atoms with Gasteiger partial charge in [0.2, 0.25) is 12.7 Å². The van der Waals surface area contributed by atoms with Gasteiger partial charge in [-0.3, -0.25) is 4.79 Å². The van der Waals surface area contributed by atoms with Gasteiger partial charge in [-0.1, -0.05) is 24.3 Å². The number of carbonyl (C=O) groups excluding carboxylic acids is 1. The van der Waals surface area contributed by atoms with E-state index < -0.39 is 0 Å². The first kappa shape index (κ1) is 17.5. The summed E-state index contributed by atoms with van der Waals surface area (Å²) in [6, 6.07) is 15.4. The number of hydrogen-bond acceptors (Lipinski definition) is 6. The number of nitrogens with zero attached hydrogens (tertiary/aromatic N) is 3. The number of hydrogen-bond donors (Lipinski definition) is 1. The van der Waals surface area contributed by atoms with Crippen molar-refractivity contribution in [1.82, 2.24) is 9.97 Å². The molecule has 1 amide bonds. The SMILES string of the molecule is Cc1cc(C(=O)Nc2ccc3c(c2)OCO3)nc(N2CCc3ccccc3C2)n1. The lowest BCUT2D eigenvalue weighted by molar-refractivity contribution is 0.102. The number of anilines is 2. The average molecular weight is 388 g/mol. The van der Waals surface area contributed by atoms with Crippen LogP contribution >= 0.6 is 0 Å². The monoisotopic (exact) mass is 388 g/mol. The van der Waals surface area contributed by atoms with Crippen LogP contribution in [0.1, 0.15) is 27.3 Å². The van der Waals surface area contributed by atoms with E-state index in [4.69, 9.17) is 9.47 Å². The minimum atomic E-state index is -0.284. The van der Waals surface area contributed by atoms with Crippen molar-refractivity contribution in [2.75, 3.05) is 23.6 Å². The maximum Gasteiger partial charge on any atom is 0.274 e. The van der Waals surface area contributed by atoms with E-state index in [0.29, 0.717) is 28.8 Å². The van der Waals surface area contributed by atoms with Crippen molar-refractivity contribution < 1.29 is 14.3 Å². The fraction of sp³-hybridized carbons (Fsp3) is 0.227. The van der Waals surface area contributed by atoms with Gasteiger partial charge in [-0.25, -0.2) is 9.97 Å². The van der Waals surface area contributed by atoms with Crippen LogP contribution in [0.5, 0.6) is 11.5 Å². The van der Waals surface area contributed by atoms with Crippen LogP contribution in [0, 0.1) is 6.92 Å². The topological polar surface area (TPSA) is 76.6 Å². The lowest BCUT2D eigenvalue weighted by atomic mass is 10.0. The van der Waals surface area contributed by atoms with Crippen molar-refractivity contribution in [2.24, 2.45) is 0 Å². The molecule has 5 rings (SSSR count). The highest BCUT2D eigenvalue weighted by Gasteiger charge is 2.21. The molecular weight excluding hydrogens is 368 g/mol. The summed E-state index contributed by atoms with van der Waals surface area (Å²) in [7, 11) is 0. The van der Waals surface area contributed by atoms with Gasteiger partial charge < -0.3 is 19.7 Å². The molecule has 1 aromatic heterocycles. The number of benzene rings is 2. The molecule has 146 valence electrons. The fourth-order valence-corrected chi connectivity index (χ4v) is 3.65. The normalized spacial score (nSPS) is 14.4. The van der Waals surface area contributed by atoms with Gasteiger partial charge >= 0.3 is 0 Å². The van der Waals surface area contributed by atoms with Gasteiger partial charge in [-0.15, -0.1) is 0 Å². The highest BCUT2D eigenvalue weighted by molar-refractivity contribution is 6.03. The maximum absolute atomic E-state index is 12.8. The van der Waals surface area contributed by atoms with Gasteiger partial charge in [-0.2, -0.15) is 0 Å². The zero-order valence-electron chi connectivity index (χ0n) is 16.0. The number of rotatable bonds is 3. The Bertz CT molecular complexity index is 1100. The predicted molar refractivity (Wildman–Crippen MR) is 108 cm³/mol. The second kappa shape index (κ2) is 7.09. The Labute approximate surface area is 168 Å². The molecule has 1 N–H and O–H groups in total. The molecule has 2 aromatic carbocycles. The van der Waals surface area contributed by atoms with Crippen LogP contribution in [0.25, 0.3) is 0 Å². The Kier molecular flexibility index (Phi) is 4.27. The molecule has 0 saturated carbocycles. The highest BCUT2D eigenvalue weighted by Crippen LogP contribution is 2.34. The van der Waals surface area contributed by atoms with Crippen LogP contribution in [0.4, 0.5) is 11.6 Å². The van der Waals surface area contributed by atoms with Gasteiger partial charge in [0.25, 0.3) is 5.91 Å². The van der Waals surface area contributed by atoms with Gasteiger partial charge in [0.05, 0.1) is 0 Å². The van der Waals surface area contributed by atoms with Crippen molar-refractivity contribution >= 4 is 17.5 Å². The number of nitrogens with one attached hydrogen (secondary N) is 1. The predicted octanol–water partition coefficient (Wildman–Crippen LogP) is 3.33. The minimum Gasteiger partial charge on any atom is -0.454 e. The third-order valence-electron chi connectivity index (χ3n) is 5.12. The van der Waals surface area contributed by atoms with Crippen LogP contribution in [-0.2, 0) is 13.0 Å². The first-order chi connectivity index (χ1) is 14.2. The number of aromatic nitrogens is 2. The number of fused-ring (bicyclic) bond motifs is 2. The van der Waals surface area contributed by atoms with Crippen LogP contribution in [0.3, 0.4) is 0 Å². The third kappa shape index (κ3) is 3.47. The van der Waals surface area contributed by atoms with Crippen LogP contribution in [0.15, 0.2) is 48.5 Å². The number of amides is 1. The van der Waals surface area contributed by atoms with E-state index in [0.717, 1.165) is 25.2 Å². The fourth-order valence-electron chi connectivity index (χ4n) is 3.65. The summed E-state index contributed by atoms with van der Waals surface area (Å²) in [6.45, 7) is 3.63. The summed E-state index contributed by atoms with van der Waals surface area (Å²) in [5.41, 5.74) is 4.35. The Hall–Kier alpha value is -3.61. The summed E-state index contributed by atoms with van der Waals surface area (Å²) in [5.74, 6) is 1.59. The number of ether oxygens (including phenoxy) is 2. The molecule has 0 saturated heterocycles. The molecule has 7 nitrogen and oxygen atoms in total. The van der Waals surface area contributed by atoms with E-state index in [1.807, 2.05) is 13.0 Å². The first-order valence-electron chi connectivity index (χ1n) is 9.54. The number of aryl methyl sites for hydroxylation is 1. The van der Waals surface area contributed by atoms with Gasteiger partial charge in [-0.05, 0) is 42.7 Å². The standard InChI is InChI=1S/C22H20N4O3/c1-14-10-18(21(27)24-17-6-7-19-20(11-17)29-13-28-19)25-22(23-14)26-9-8-15-4-2-3-5-16(15)12-26/h2-7,10-11H,8-9,12-13H2,1H3,(H,24,27). The summed E-state index contributed by atoms with van der Waals surface area (Å²) >= 11 is 0. The molecule has 29 heavy (non-hydrogen) atoms. The van der Waals surface area contributed by atoms with Crippen molar-refractivity contribution in [3.05, 3.63) is 71.0 Å². The van der Waals surface area contributed by atoms with Crippen molar-refractivity contribution in [3.8, 4) is 11.5 Å². The van der Waals surface area contributed by atoms with Crippen molar-refractivity contribution in [1.29, 1.82) is 0 Å². The van der Waals surface area contributed by atoms with E-state index in [2.05, 4.69) is 38.4 Å². The lowest BCUT2D eigenvalue weighted by Crippen LogP contribution is -2.32. The molecule has 0 fully saturated rings. The molecule has 0 spiro atoms. The molecule has 0 radical (unpaired) electrons. The Morgan fingerprint density at radius 3 is 2.76 bits per heavy atom. The summed E-state index contributed by atoms with van der Waals surface area (Å²) in [5, 5.41) is 2.88. The Morgan fingerprint density at radius 1 is 1.03 bits per heavy atom. The molecule has 0 unspecified atom stereocenters. The maximum atomic E-state index is 12.8. The second-order valence-corrected chi connectivity index (χ2v) is 7.16. The molecule has 0 aliphatic carbocycles. The first-order valence-corrected chi connectivity index (χ1v) is 9.54. The van der Waals surface area contributed by atoms with E-state index in [1.54, 1.807) is 24.3 Å². The largest absolute Gasteiger partial charge is 0.454 e. The van der Waals surface area contributed by atoms with E-state index in [1.165, 1.54) is 11.1 Å². The molecule has 2 aliphatic heterocycles. The van der Waals surface area contributed by atoms with E-state index >= 15 is 0 Å². The minimum absolute atomic E-state index is 0.195. The van der Waals surface area contributed by atoms with Crippen LogP contribution in [0.2, 0.25) is 0 Å². The quantitative estimate of drug-likeness (QED) is 0.742. The number of carbonyl (C=O) groups is 1. The summed E-state index contributed by atoms with van der Waals surface area (Å²) < 4.78 is 10.7. The Morgan fingerprint density at radius 2 is 1.86 bits per heavy atom. The van der Waals surface area contributed by atoms with Crippen LogP contribution < -0.4 is 19.7 Å². The van der Waals surface area contributed by atoms with Gasteiger partial charge in [0, 0.05) is 30.5 Å². The molecule has 2 aliphatic rings.